The molecule has 1 aromatic rings. The van der Waals surface area contributed by atoms with E-state index in [1.54, 1.807) is 23.1 Å². The molecule has 0 bridgehead atoms. The Morgan fingerprint density at radius 3 is 2.55 bits per heavy atom. The van der Waals surface area contributed by atoms with E-state index in [4.69, 9.17) is 0 Å². The Labute approximate surface area is 120 Å². The van der Waals surface area contributed by atoms with Gasteiger partial charge in [0, 0.05) is 13.0 Å². The van der Waals surface area contributed by atoms with E-state index in [0.717, 1.165) is 12.8 Å². The van der Waals surface area contributed by atoms with Crippen molar-refractivity contribution in [2.24, 2.45) is 0 Å². The minimum Gasteiger partial charge on any atom is -0.308 e. The van der Waals surface area contributed by atoms with Crippen molar-refractivity contribution in [3.63, 3.8) is 0 Å². The number of nitrogens with zero attached hydrogens (tertiary/aromatic N) is 1. The second-order valence-electron chi connectivity index (χ2n) is 5.06. The average Bonchev–Trinajstić information content (AvgIpc) is 3.15. The molecular weight excluding hydrogens is 276 g/mol. The normalized spacial score (nSPS) is 14.9. The molecule has 1 amide bonds. The van der Waals surface area contributed by atoms with Crippen LogP contribution in [0.25, 0.3) is 0 Å². The molecular formula is C14H20N2O3S. The minimum atomic E-state index is -3.36. The van der Waals surface area contributed by atoms with Crippen molar-refractivity contribution in [3.8, 4) is 0 Å². The van der Waals surface area contributed by atoms with E-state index in [-0.39, 0.29) is 17.7 Å². The Bertz CT molecular complexity index is 594. The number of carbonyl (C=O) groups excluding carboxylic acids is 1. The first kappa shape index (κ1) is 14.8. The number of hydrogen-bond donors (Lipinski definition) is 1. The van der Waals surface area contributed by atoms with Gasteiger partial charge in [0.2, 0.25) is 15.9 Å². The standard InChI is InChI=1S/C14H20N2O3S/c1-3-10-20(18,19)15-13-6-4-5-7-14(13)16(11(2)17)12-8-9-12/h4-7,12,15H,3,8-10H2,1-2H3. The molecule has 20 heavy (non-hydrogen) atoms. The van der Waals surface area contributed by atoms with Crippen molar-refractivity contribution >= 4 is 27.3 Å². The Morgan fingerprint density at radius 2 is 2.00 bits per heavy atom. The predicted octanol–water partition coefficient (Wildman–Crippen LogP) is 2.35. The van der Waals surface area contributed by atoms with Crippen LogP contribution in [0.3, 0.4) is 0 Å². The molecule has 0 saturated heterocycles. The average molecular weight is 296 g/mol. The highest BCUT2D eigenvalue weighted by Crippen LogP contribution is 2.36. The van der Waals surface area contributed by atoms with E-state index in [9.17, 15) is 13.2 Å². The van der Waals surface area contributed by atoms with Crippen LogP contribution in [0, 0.1) is 0 Å². The van der Waals surface area contributed by atoms with Crippen molar-refractivity contribution < 1.29 is 13.2 Å². The van der Waals surface area contributed by atoms with Gasteiger partial charge in [0.05, 0.1) is 17.1 Å². The predicted molar refractivity (Wildman–Crippen MR) is 80.3 cm³/mol. The second kappa shape index (κ2) is 5.83. The lowest BCUT2D eigenvalue weighted by Gasteiger charge is -2.24. The largest absolute Gasteiger partial charge is 0.308 e. The van der Waals surface area contributed by atoms with Crippen molar-refractivity contribution in [1.82, 2.24) is 0 Å². The number of rotatable bonds is 6. The quantitative estimate of drug-likeness (QED) is 0.876. The van der Waals surface area contributed by atoms with Crippen molar-refractivity contribution in [1.29, 1.82) is 0 Å². The summed E-state index contributed by atoms with van der Waals surface area (Å²) in [5, 5.41) is 0. The molecule has 5 nitrogen and oxygen atoms in total. The lowest BCUT2D eigenvalue weighted by atomic mass is 10.2. The zero-order valence-corrected chi connectivity index (χ0v) is 12.6. The summed E-state index contributed by atoms with van der Waals surface area (Å²) in [6, 6.07) is 7.25. The van der Waals surface area contributed by atoms with Crippen LogP contribution in [0.2, 0.25) is 0 Å². The lowest BCUT2D eigenvalue weighted by molar-refractivity contribution is -0.116. The number of para-hydroxylation sites is 2. The number of nitrogens with one attached hydrogen (secondary N) is 1. The van der Waals surface area contributed by atoms with Gasteiger partial charge in [-0.1, -0.05) is 19.1 Å². The number of sulfonamides is 1. The molecule has 0 atom stereocenters. The number of amides is 1. The molecule has 1 fully saturated rings. The molecule has 1 aliphatic rings. The number of benzene rings is 1. The molecule has 0 aliphatic heterocycles. The first-order valence-electron chi connectivity index (χ1n) is 6.84. The minimum absolute atomic E-state index is 0.0605. The van der Waals surface area contributed by atoms with Gasteiger partial charge in [-0.3, -0.25) is 9.52 Å². The Balaban J connectivity index is 2.32. The van der Waals surface area contributed by atoms with Crippen molar-refractivity contribution in [2.45, 2.75) is 39.2 Å². The highest BCUT2D eigenvalue weighted by molar-refractivity contribution is 7.92. The van der Waals surface area contributed by atoms with E-state index >= 15 is 0 Å². The van der Waals surface area contributed by atoms with E-state index in [0.29, 0.717) is 17.8 Å². The summed E-state index contributed by atoms with van der Waals surface area (Å²) in [6.45, 7) is 3.33. The Kier molecular flexibility index (Phi) is 4.32. The van der Waals surface area contributed by atoms with Crippen LogP contribution in [0.15, 0.2) is 24.3 Å². The lowest BCUT2D eigenvalue weighted by Crippen LogP contribution is -2.31. The summed E-state index contributed by atoms with van der Waals surface area (Å²) in [6.07, 6.45) is 2.49. The van der Waals surface area contributed by atoms with Crippen LogP contribution in [-0.2, 0) is 14.8 Å². The molecule has 1 N–H and O–H groups in total. The zero-order valence-electron chi connectivity index (χ0n) is 11.8. The number of hydrogen-bond acceptors (Lipinski definition) is 3. The third-order valence-corrected chi connectivity index (χ3v) is 4.63. The second-order valence-corrected chi connectivity index (χ2v) is 6.90. The van der Waals surface area contributed by atoms with E-state index in [1.807, 2.05) is 13.0 Å². The van der Waals surface area contributed by atoms with Crippen molar-refractivity contribution in [3.05, 3.63) is 24.3 Å². The molecule has 2 rings (SSSR count). The van der Waals surface area contributed by atoms with Crippen LogP contribution >= 0.6 is 0 Å². The summed E-state index contributed by atoms with van der Waals surface area (Å²) >= 11 is 0. The van der Waals surface area contributed by atoms with Gasteiger partial charge in [0.15, 0.2) is 0 Å². The SMILES string of the molecule is CCCS(=O)(=O)Nc1ccccc1N(C(C)=O)C1CC1. The first-order valence-corrected chi connectivity index (χ1v) is 8.49. The maximum absolute atomic E-state index is 11.9. The molecule has 1 saturated carbocycles. The fourth-order valence-corrected chi connectivity index (χ4v) is 3.36. The maximum atomic E-state index is 11.9. The molecule has 0 aromatic heterocycles. The summed E-state index contributed by atoms with van der Waals surface area (Å²) in [5.41, 5.74) is 1.12. The van der Waals surface area contributed by atoms with Crippen LogP contribution in [0.1, 0.15) is 33.1 Å². The molecule has 0 heterocycles. The van der Waals surface area contributed by atoms with Gasteiger partial charge < -0.3 is 4.90 Å². The summed E-state index contributed by atoms with van der Waals surface area (Å²) in [5.74, 6) is 0.0137. The van der Waals surface area contributed by atoms with Crippen LogP contribution in [0.4, 0.5) is 11.4 Å². The molecule has 0 unspecified atom stereocenters. The Morgan fingerprint density at radius 1 is 1.35 bits per heavy atom. The highest BCUT2D eigenvalue weighted by atomic mass is 32.2. The van der Waals surface area contributed by atoms with Crippen LogP contribution in [0.5, 0.6) is 0 Å². The van der Waals surface area contributed by atoms with E-state index < -0.39 is 10.0 Å². The fraction of sp³-hybridized carbons (Fsp3) is 0.500. The maximum Gasteiger partial charge on any atom is 0.232 e. The molecule has 1 aliphatic carbocycles. The number of anilines is 2. The van der Waals surface area contributed by atoms with E-state index in [1.165, 1.54) is 6.92 Å². The molecule has 0 spiro atoms. The van der Waals surface area contributed by atoms with Gasteiger partial charge in [-0.25, -0.2) is 8.42 Å². The summed E-state index contributed by atoms with van der Waals surface area (Å²) < 4.78 is 26.4. The topological polar surface area (TPSA) is 66.5 Å². The number of carbonyl (C=O) groups is 1. The molecule has 6 heteroatoms. The van der Waals surface area contributed by atoms with E-state index in [2.05, 4.69) is 4.72 Å². The molecule has 0 radical (unpaired) electrons. The zero-order chi connectivity index (χ0) is 14.8. The van der Waals surface area contributed by atoms with Gasteiger partial charge >= 0.3 is 0 Å². The summed E-state index contributed by atoms with van der Waals surface area (Å²) in [4.78, 5) is 13.5. The third kappa shape index (κ3) is 3.50. The third-order valence-electron chi connectivity index (χ3n) is 3.15. The van der Waals surface area contributed by atoms with Crippen LogP contribution < -0.4 is 9.62 Å². The van der Waals surface area contributed by atoms with Crippen LogP contribution in [-0.4, -0.2) is 26.1 Å². The Hall–Kier alpha value is -1.56. The fourth-order valence-electron chi connectivity index (χ4n) is 2.21. The van der Waals surface area contributed by atoms with Gasteiger partial charge in [-0.15, -0.1) is 0 Å². The van der Waals surface area contributed by atoms with Gasteiger partial charge in [-0.2, -0.15) is 0 Å². The summed E-state index contributed by atoms with van der Waals surface area (Å²) in [7, 11) is -3.36. The molecule has 1 aromatic carbocycles. The molecule has 110 valence electrons. The van der Waals surface area contributed by atoms with Gasteiger partial charge in [0.1, 0.15) is 0 Å². The highest BCUT2D eigenvalue weighted by Gasteiger charge is 2.33. The monoisotopic (exact) mass is 296 g/mol. The smallest absolute Gasteiger partial charge is 0.232 e. The van der Waals surface area contributed by atoms with Gasteiger partial charge in [-0.05, 0) is 31.4 Å². The van der Waals surface area contributed by atoms with Crippen molar-refractivity contribution in [2.75, 3.05) is 15.4 Å². The van der Waals surface area contributed by atoms with Gasteiger partial charge in [0.25, 0.3) is 0 Å². The first-order chi connectivity index (χ1) is 9.44.